The van der Waals surface area contributed by atoms with E-state index in [1.54, 1.807) is 0 Å². The van der Waals surface area contributed by atoms with Gasteiger partial charge in [-0.25, -0.2) is 9.18 Å². The Hall–Kier alpha value is -1.78. The van der Waals surface area contributed by atoms with Crippen LogP contribution in [0, 0.1) is 17.7 Å². The van der Waals surface area contributed by atoms with Crippen LogP contribution in [0.25, 0.3) is 0 Å². The number of carboxylic acids is 1. The van der Waals surface area contributed by atoms with Gasteiger partial charge >= 0.3 is 5.97 Å². The van der Waals surface area contributed by atoms with Gasteiger partial charge in [-0.2, -0.15) is 0 Å². The number of halogens is 1. The Balaban J connectivity index is 2.06. The number of carbonyl (C=O) groups is 1. The minimum Gasteiger partial charge on any atom is -0.478 e. The van der Waals surface area contributed by atoms with Gasteiger partial charge in [0.1, 0.15) is 11.4 Å². The number of carboxylic acid groups (broad SMARTS) is 1. The molecule has 1 aliphatic rings. The van der Waals surface area contributed by atoms with Crippen LogP contribution in [-0.4, -0.2) is 17.6 Å². The van der Waals surface area contributed by atoms with E-state index >= 15 is 0 Å². The summed E-state index contributed by atoms with van der Waals surface area (Å²) in [6.45, 7) is 2.96. The molecule has 5 heteroatoms. The quantitative estimate of drug-likeness (QED) is 0.739. The molecule has 0 aromatic heterocycles. The molecule has 20 heavy (non-hydrogen) atoms. The topological polar surface area (TPSA) is 75.3 Å². The number of benzene rings is 1. The minimum atomic E-state index is -1.21. The molecule has 110 valence electrons. The molecule has 4 nitrogen and oxygen atoms in total. The molecule has 0 atom stereocenters. The molecular weight excluding hydrogens is 259 g/mol. The van der Waals surface area contributed by atoms with Crippen LogP contribution in [0.15, 0.2) is 12.1 Å². The molecule has 4 N–H and O–H groups in total. The first-order chi connectivity index (χ1) is 9.49. The summed E-state index contributed by atoms with van der Waals surface area (Å²) in [5, 5.41) is 12.3. The highest BCUT2D eigenvalue weighted by molar-refractivity contribution is 6.00. The first-order valence-electron chi connectivity index (χ1n) is 7.04. The lowest BCUT2D eigenvalue weighted by Crippen LogP contribution is -2.21. The average Bonchev–Trinajstić information content (AvgIpc) is 2.41. The van der Waals surface area contributed by atoms with Crippen LogP contribution >= 0.6 is 0 Å². The highest BCUT2D eigenvalue weighted by Crippen LogP contribution is 2.30. The van der Waals surface area contributed by atoms with Gasteiger partial charge in [-0.05, 0) is 36.8 Å². The van der Waals surface area contributed by atoms with E-state index in [1.807, 2.05) is 0 Å². The van der Waals surface area contributed by atoms with Crippen molar-refractivity contribution in [2.24, 2.45) is 11.8 Å². The van der Waals surface area contributed by atoms with Crippen LogP contribution in [0.5, 0.6) is 0 Å². The molecule has 0 heterocycles. The third-order valence-electron chi connectivity index (χ3n) is 4.12. The van der Waals surface area contributed by atoms with Crippen molar-refractivity contribution in [1.29, 1.82) is 0 Å². The van der Waals surface area contributed by atoms with Crippen molar-refractivity contribution in [1.82, 2.24) is 0 Å². The Labute approximate surface area is 118 Å². The van der Waals surface area contributed by atoms with Gasteiger partial charge in [0.25, 0.3) is 0 Å². The van der Waals surface area contributed by atoms with Crippen molar-refractivity contribution in [2.45, 2.75) is 32.6 Å². The fraction of sp³-hybridized carbons (Fsp3) is 0.533. The SMILES string of the molecule is CC1CCC(CNc2ccc(F)c(N)c2C(=O)O)CC1. The van der Waals surface area contributed by atoms with Crippen molar-refractivity contribution in [3.8, 4) is 0 Å². The fourth-order valence-corrected chi connectivity index (χ4v) is 2.76. The van der Waals surface area contributed by atoms with E-state index in [4.69, 9.17) is 10.8 Å². The van der Waals surface area contributed by atoms with Crippen molar-refractivity contribution in [3.63, 3.8) is 0 Å². The molecule has 1 saturated carbocycles. The van der Waals surface area contributed by atoms with Gasteiger partial charge in [-0.3, -0.25) is 0 Å². The molecule has 2 rings (SSSR count). The molecule has 0 radical (unpaired) electrons. The summed E-state index contributed by atoms with van der Waals surface area (Å²) < 4.78 is 13.3. The Morgan fingerprint density at radius 3 is 2.65 bits per heavy atom. The fourth-order valence-electron chi connectivity index (χ4n) is 2.76. The van der Waals surface area contributed by atoms with E-state index in [2.05, 4.69) is 12.2 Å². The van der Waals surface area contributed by atoms with Crippen molar-refractivity contribution in [2.75, 3.05) is 17.6 Å². The zero-order chi connectivity index (χ0) is 14.7. The summed E-state index contributed by atoms with van der Waals surface area (Å²) in [6.07, 6.45) is 4.72. The third-order valence-corrected chi connectivity index (χ3v) is 4.12. The standard InChI is InChI=1S/C15H21FN2O2/c1-9-2-4-10(5-3-9)8-18-12-7-6-11(16)14(17)13(12)15(19)20/h6-7,9-10,18H,2-5,8,17H2,1H3,(H,19,20). The maximum absolute atomic E-state index is 13.3. The largest absolute Gasteiger partial charge is 0.478 e. The second-order valence-corrected chi connectivity index (χ2v) is 5.70. The number of aromatic carboxylic acids is 1. The van der Waals surface area contributed by atoms with E-state index in [9.17, 15) is 9.18 Å². The zero-order valence-electron chi connectivity index (χ0n) is 11.7. The molecular formula is C15H21FN2O2. The second-order valence-electron chi connectivity index (χ2n) is 5.70. The molecule has 0 bridgehead atoms. The maximum atomic E-state index is 13.3. The lowest BCUT2D eigenvalue weighted by atomic mass is 9.83. The van der Waals surface area contributed by atoms with Gasteiger partial charge in [0, 0.05) is 6.54 Å². The van der Waals surface area contributed by atoms with Crippen LogP contribution in [0.4, 0.5) is 15.8 Å². The van der Waals surface area contributed by atoms with Gasteiger partial charge < -0.3 is 16.2 Å². The molecule has 1 aliphatic carbocycles. The number of nitrogens with two attached hydrogens (primary N) is 1. The van der Waals surface area contributed by atoms with Crippen molar-refractivity contribution >= 4 is 17.3 Å². The first-order valence-corrected chi connectivity index (χ1v) is 7.04. The van der Waals surface area contributed by atoms with E-state index in [0.29, 0.717) is 18.2 Å². The molecule has 1 aromatic carbocycles. The summed E-state index contributed by atoms with van der Waals surface area (Å²) in [5.74, 6) is -0.581. The predicted molar refractivity (Wildman–Crippen MR) is 77.4 cm³/mol. The number of anilines is 2. The lowest BCUT2D eigenvalue weighted by molar-refractivity contribution is 0.0698. The first kappa shape index (κ1) is 14.6. The number of hydrogen-bond acceptors (Lipinski definition) is 3. The Morgan fingerprint density at radius 2 is 2.05 bits per heavy atom. The number of rotatable bonds is 4. The Kier molecular flexibility index (Phi) is 4.47. The van der Waals surface area contributed by atoms with Gasteiger partial charge in [-0.15, -0.1) is 0 Å². The maximum Gasteiger partial charge on any atom is 0.340 e. The monoisotopic (exact) mass is 280 g/mol. The van der Waals surface area contributed by atoms with Gasteiger partial charge in [0.05, 0.1) is 11.4 Å². The summed E-state index contributed by atoms with van der Waals surface area (Å²) in [7, 11) is 0. The molecule has 1 aromatic rings. The molecule has 0 spiro atoms. The number of nitrogen functional groups attached to an aromatic ring is 1. The molecule has 0 amide bonds. The van der Waals surface area contributed by atoms with Gasteiger partial charge in [0.15, 0.2) is 0 Å². The Morgan fingerprint density at radius 1 is 1.40 bits per heavy atom. The second kappa shape index (κ2) is 6.11. The summed E-state index contributed by atoms with van der Waals surface area (Å²) >= 11 is 0. The number of nitrogens with one attached hydrogen (secondary N) is 1. The Bertz CT molecular complexity index is 497. The van der Waals surface area contributed by atoms with Crippen LogP contribution in [0.2, 0.25) is 0 Å². The van der Waals surface area contributed by atoms with E-state index in [-0.39, 0.29) is 11.3 Å². The lowest BCUT2D eigenvalue weighted by Gasteiger charge is -2.26. The van der Waals surface area contributed by atoms with Crippen molar-refractivity contribution < 1.29 is 14.3 Å². The van der Waals surface area contributed by atoms with E-state index in [0.717, 1.165) is 18.8 Å². The number of hydrogen-bond donors (Lipinski definition) is 3. The van der Waals surface area contributed by atoms with Crippen LogP contribution < -0.4 is 11.1 Å². The predicted octanol–water partition coefficient (Wildman–Crippen LogP) is 3.34. The van der Waals surface area contributed by atoms with E-state index < -0.39 is 11.8 Å². The molecule has 0 aliphatic heterocycles. The summed E-state index contributed by atoms with van der Waals surface area (Å²) in [4.78, 5) is 11.2. The summed E-state index contributed by atoms with van der Waals surface area (Å²) in [6, 6.07) is 2.65. The average molecular weight is 280 g/mol. The van der Waals surface area contributed by atoms with Crippen molar-refractivity contribution in [3.05, 3.63) is 23.5 Å². The molecule has 0 unspecified atom stereocenters. The molecule has 1 fully saturated rings. The third kappa shape index (κ3) is 3.21. The van der Waals surface area contributed by atoms with E-state index in [1.165, 1.54) is 25.0 Å². The zero-order valence-corrected chi connectivity index (χ0v) is 11.7. The van der Waals surface area contributed by atoms with Gasteiger partial charge in [-0.1, -0.05) is 19.8 Å². The summed E-state index contributed by atoms with van der Waals surface area (Å²) in [5.41, 5.74) is 5.44. The highest BCUT2D eigenvalue weighted by Gasteiger charge is 2.20. The normalized spacial score (nSPS) is 22.5. The molecule has 0 saturated heterocycles. The minimum absolute atomic E-state index is 0.172. The van der Waals surface area contributed by atoms with Crippen LogP contribution in [0.3, 0.4) is 0 Å². The highest BCUT2D eigenvalue weighted by atomic mass is 19.1. The smallest absolute Gasteiger partial charge is 0.340 e. The van der Waals surface area contributed by atoms with Gasteiger partial charge in [0.2, 0.25) is 0 Å². The van der Waals surface area contributed by atoms with Crippen LogP contribution in [0.1, 0.15) is 43.0 Å². The van der Waals surface area contributed by atoms with Crippen LogP contribution in [-0.2, 0) is 0 Å².